The van der Waals surface area contributed by atoms with E-state index in [9.17, 15) is 19.0 Å². The van der Waals surface area contributed by atoms with E-state index in [1.54, 1.807) is 20.8 Å². The lowest BCUT2D eigenvalue weighted by Crippen LogP contribution is -2.36. The van der Waals surface area contributed by atoms with Crippen LogP contribution in [0.5, 0.6) is 0 Å². The maximum atomic E-state index is 14.6. The van der Waals surface area contributed by atoms with Gasteiger partial charge in [0.15, 0.2) is 5.83 Å². The number of hydrogen-bond acceptors (Lipinski definition) is 3. The molecular weight excluding hydrogens is 302 g/mol. The van der Waals surface area contributed by atoms with Crippen molar-refractivity contribution >= 4 is 0 Å². The van der Waals surface area contributed by atoms with Crippen molar-refractivity contribution < 1.29 is 23.7 Å². The Kier molecular flexibility index (Phi) is 6.47. The topological polar surface area (TPSA) is 49.7 Å². The molecule has 2 N–H and O–H groups in total. The average Bonchev–Trinajstić information content (AvgIpc) is 2.55. The van der Waals surface area contributed by atoms with Crippen molar-refractivity contribution in [3.05, 3.63) is 58.4 Å². The quantitative estimate of drug-likeness (QED) is 0.750. The van der Waals surface area contributed by atoms with Crippen LogP contribution in [0.3, 0.4) is 0 Å². The second-order valence-electron chi connectivity index (χ2n) is 5.42. The standard InChI is InChI=1S/C18H24F2O3/c1-7-9(3)15(19)14-12(8-2)10(4)13(17(21)18(14)22)16(20)11(5)23-6/h17-18,21-22H,4-5,7-8H2,1-3,6H3/b15-9-,16-13-. The SMILES string of the molecule is C=C(OC)/C(F)=C1\C(=C)C(CC)=C(/C(F)=C(\C)CC)C(O)C1O. The van der Waals surface area contributed by atoms with Gasteiger partial charge in [-0.3, -0.25) is 0 Å². The number of ether oxygens (including phenoxy) is 1. The summed E-state index contributed by atoms with van der Waals surface area (Å²) in [6.07, 6.45) is -2.44. The third-order valence-electron chi connectivity index (χ3n) is 4.13. The van der Waals surface area contributed by atoms with Crippen LogP contribution in [0.25, 0.3) is 0 Å². The van der Waals surface area contributed by atoms with Crippen LogP contribution in [0.15, 0.2) is 58.4 Å². The van der Waals surface area contributed by atoms with E-state index in [1.165, 1.54) is 7.11 Å². The van der Waals surface area contributed by atoms with Gasteiger partial charge in [-0.25, -0.2) is 8.78 Å². The van der Waals surface area contributed by atoms with Crippen LogP contribution in [0, 0.1) is 0 Å². The van der Waals surface area contributed by atoms with Crippen molar-refractivity contribution in [3.63, 3.8) is 0 Å². The van der Waals surface area contributed by atoms with Crippen molar-refractivity contribution in [2.75, 3.05) is 7.11 Å². The molecule has 2 atom stereocenters. The molecule has 2 unspecified atom stereocenters. The first-order valence-electron chi connectivity index (χ1n) is 7.50. The van der Waals surface area contributed by atoms with Gasteiger partial charge in [0.25, 0.3) is 0 Å². The van der Waals surface area contributed by atoms with Gasteiger partial charge in [0, 0.05) is 11.1 Å². The molecule has 1 aliphatic rings. The van der Waals surface area contributed by atoms with E-state index < -0.39 is 23.9 Å². The van der Waals surface area contributed by atoms with Crippen molar-refractivity contribution in [1.29, 1.82) is 0 Å². The summed E-state index contributed by atoms with van der Waals surface area (Å²) >= 11 is 0. The fraction of sp³-hybridized carbons (Fsp3) is 0.444. The third-order valence-corrected chi connectivity index (χ3v) is 4.13. The lowest BCUT2D eigenvalue weighted by Gasteiger charge is -2.33. The van der Waals surface area contributed by atoms with Crippen molar-refractivity contribution in [1.82, 2.24) is 0 Å². The van der Waals surface area contributed by atoms with Gasteiger partial charge < -0.3 is 14.9 Å². The van der Waals surface area contributed by atoms with E-state index >= 15 is 0 Å². The van der Waals surface area contributed by atoms with E-state index in [2.05, 4.69) is 13.2 Å². The molecule has 5 heteroatoms. The summed E-state index contributed by atoms with van der Waals surface area (Å²) in [6.45, 7) is 12.3. The summed E-state index contributed by atoms with van der Waals surface area (Å²) in [5.74, 6) is -1.76. The van der Waals surface area contributed by atoms with Gasteiger partial charge in [0.1, 0.15) is 23.8 Å². The van der Waals surface area contributed by atoms with Crippen LogP contribution in [-0.4, -0.2) is 29.5 Å². The first-order valence-corrected chi connectivity index (χ1v) is 7.50. The minimum absolute atomic E-state index is 0.0241. The molecule has 0 amide bonds. The third kappa shape index (κ3) is 3.46. The molecule has 128 valence electrons. The van der Waals surface area contributed by atoms with Crippen LogP contribution in [0.2, 0.25) is 0 Å². The molecule has 0 bridgehead atoms. The molecule has 0 fully saturated rings. The Morgan fingerprint density at radius 3 is 2.22 bits per heavy atom. The Morgan fingerprint density at radius 1 is 1.22 bits per heavy atom. The minimum atomic E-state index is -1.64. The highest BCUT2D eigenvalue weighted by Gasteiger charge is 2.38. The van der Waals surface area contributed by atoms with E-state index in [4.69, 9.17) is 4.74 Å². The van der Waals surface area contributed by atoms with Crippen LogP contribution in [0.1, 0.15) is 33.6 Å². The number of hydrogen-bond donors (Lipinski definition) is 2. The molecule has 0 saturated carbocycles. The number of methoxy groups -OCH3 is 1. The molecule has 1 aliphatic carbocycles. The minimum Gasteiger partial charge on any atom is -0.494 e. The number of halogens is 2. The summed E-state index contributed by atoms with van der Waals surface area (Å²) in [5, 5.41) is 20.6. The highest BCUT2D eigenvalue weighted by molar-refractivity contribution is 5.60. The molecule has 23 heavy (non-hydrogen) atoms. The van der Waals surface area contributed by atoms with Gasteiger partial charge in [0.2, 0.25) is 0 Å². The smallest absolute Gasteiger partial charge is 0.170 e. The second kappa shape index (κ2) is 7.70. The summed E-state index contributed by atoms with van der Waals surface area (Å²) in [5.41, 5.74) is 0.729. The lowest BCUT2D eigenvalue weighted by molar-refractivity contribution is 0.0606. The largest absolute Gasteiger partial charge is 0.494 e. The molecule has 0 aromatic rings. The fourth-order valence-electron chi connectivity index (χ4n) is 2.55. The van der Waals surface area contributed by atoms with E-state index in [0.29, 0.717) is 24.0 Å². The van der Waals surface area contributed by atoms with E-state index in [1.807, 2.05) is 0 Å². The van der Waals surface area contributed by atoms with Gasteiger partial charge >= 0.3 is 0 Å². The van der Waals surface area contributed by atoms with Crippen molar-refractivity contribution in [3.8, 4) is 0 Å². The molecule has 0 aliphatic heterocycles. The maximum absolute atomic E-state index is 14.6. The molecule has 0 aromatic carbocycles. The lowest BCUT2D eigenvalue weighted by atomic mass is 9.78. The van der Waals surface area contributed by atoms with Gasteiger partial charge in [0.05, 0.1) is 7.11 Å². The predicted molar refractivity (Wildman–Crippen MR) is 86.9 cm³/mol. The second-order valence-corrected chi connectivity index (χ2v) is 5.42. The molecule has 0 spiro atoms. The number of allylic oxidation sites excluding steroid dienone is 3. The Hall–Kier alpha value is -1.72. The van der Waals surface area contributed by atoms with Gasteiger partial charge in [-0.1, -0.05) is 27.0 Å². The van der Waals surface area contributed by atoms with Crippen LogP contribution < -0.4 is 0 Å². The van der Waals surface area contributed by atoms with Crippen molar-refractivity contribution in [2.45, 2.75) is 45.8 Å². The molecule has 0 aromatic heterocycles. The van der Waals surface area contributed by atoms with Crippen LogP contribution in [-0.2, 0) is 4.74 Å². The first kappa shape index (κ1) is 19.3. The van der Waals surface area contributed by atoms with Gasteiger partial charge in [-0.2, -0.15) is 0 Å². The fourth-order valence-corrected chi connectivity index (χ4v) is 2.55. The Labute approximate surface area is 136 Å². The zero-order chi connectivity index (χ0) is 17.9. The molecule has 0 radical (unpaired) electrons. The zero-order valence-corrected chi connectivity index (χ0v) is 14.0. The number of aliphatic hydroxyl groups is 2. The number of rotatable bonds is 5. The highest BCUT2D eigenvalue weighted by atomic mass is 19.1. The Morgan fingerprint density at radius 2 is 1.78 bits per heavy atom. The average molecular weight is 326 g/mol. The molecule has 1 rings (SSSR count). The highest BCUT2D eigenvalue weighted by Crippen LogP contribution is 2.42. The van der Waals surface area contributed by atoms with Gasteiger partial charge in [-0.15, -0.1) is 0 Å². The van der Waals surface area contributed by atoms with Gasteiger partial charge in [-0.05, 0) is 36.5 Å². The Balaban J connectivity index is 3.65. The molecule has 0 heterocycles. The molecule has 3 nitrogen and oxygen atoms in total. The van der Waals surface area contributed by atoms with E-state index in [0.717, 1.165) is 0 Å². The first-order chi connectivity index (χ1) is 10.7. The summed E-state index contributed by atoms with van der Waals surface area (Å²) in [7, 11) is 1.24. The number of aliphatic hydroxyl groups excluding tert-OH is 2. The normalized spacial score (nSPS) is 25.3. The zero-order valence-electron chi connectivity index (χ0n) is 14.0. The molecule has 0 saturated heterocycles. The summed E-state index contributed by atoms with van der Waals surface area (Å²) in [6, 6.07) is 0. The Bertz CT molecular complexity index is 612. The van der Waals surface area contributed by atoms with Crippen LogP contribution >= 0.6 is 0 Å². The van der Waals surface area contributed by atoms with Crippen molar-refractivity contribution in [2.24, 2.45) is 0 Å². The molecular formula is C18H24F2O3. The maximum Gasteiger partial charge on any atom is 0.170 e. The summed E-state index contributed by atoms with van der Waals surface area (Å²) in [4.78, 5) is 0. The van der Waals surface area contributed by atoms with E-state index in [-0.39, 0.29) is 22.5 Å². The predicted octanol–water partition coefficient (Wildman–Crippen LogP) is 4.02. The summed E-state index contributed by atoms with van der Waals surface area (Å²) < 4.78 is 33.8. The monoisotopic (exact) mass is 326 g/mol. The van der Waals surface area contributed by atoms with Crippen LogP contribution in [0.4, 0.5) is 8.78 Å².